The van der Waals surface area contributed by atoms with Crippen molar-refractivity contribution >= 4 is 0 Å². The Bertz CT molecular complexity index is 1190. The zero-order valence-electron chi connectivity index (χ0n) is 21.0. The van der Waals surface area contributed by atoms with E-state index in [2.05, 4.69) is 41.6 Å². The Balaban J connectivity index is 1.14. The average Bonchev–Trinajstić information content (AvgIpc) is 3.60. The predicted molar refractivity (Wildman–Crippen MR) is 139 cm³/mol. The number of halogens is 2. The van der Waals surface area contributed by atoms with Crippen LogP contribution in [0.1, 0.15) is 41.9 Å². The van der Waals surface area contributed by atoms with Crippen LogP contribution in [-0.2, 0) is 16.9 Å². The number of benzene rings is 2. The van der Waals surface area contributed by atoms with Gasteiger partial charge in [0.15, 0.2) is 11.6 Å². The number of nitrogens with one attached hydrogen (secondary N) is 1. The van der Waals surface area contributed by atoms with Crippen LogP contribution in [0.5, 0.6) is 5.75 Å². The quantitative estimate of drug-likeness (QED) is 0.446. The molecule has 3 unspecified atom stereocenters. The molecule has 3 aliphatic rings. The topological polar surface area (TPSA) is 54.0 Å². The van der Waals surface area contributed by atoms with Crippen LogP contribution in [0.2, 0.25) is 0 Å². The molecule has 2 heterocycles. The molecular formula is C30H34F2N2O3. The standard InChI is InChI=1S/C30H34F2N2O3/c1-3-4-7-20(2)18-36-29-24(14-22(31)15-26(29)32)23-16-27(23)33-17-28(35)34-12-10-30(11-13-34)25-9-6-5-8-21(25)19-37-30/h3-9,14-15,23,27-28,33,35H,1-2,10-13,16-19H2/b7-4-. The van der Waals surface area contributed by atoms with Gasteiger partial charge < -0.3 is 19.9 Å². The number of allylic oxidation sites excluding steroid dienone is 2. The number of hydrogen-bond acceptors (Lipinski definition) is 5. The van der Waals surface area contributed by atoms with E-state index in [4.69, 9.17) is 9.47 Å². The lowest BCUT2D eigenvalue weighted by atomic mass is 9.84. The normalized spacial score (nSPS) is 23.2. The van der Waals surface area contributed by atoms with Crippen molar-refractivity contribution in [2.45, 2.75) is 49.7 Å². The first kappa shape index (κ1) is 25.8. The van der Waals surface area contributed by atoms with Crippen LogP contribution >= 0.6 is 0 Å². The van der Waals surface area contributed by atoms with Crippen molar-refractivity contribution in [1.82, 2.24) is 10.2 Å². The van der Waals surface area contributed by atoms with Gasteiger partial charge in [0.1, 0.15) is 18.7 Å². The minimum absolute atomic E-state index is 0.0169. The van der Waals surface area contributed by atoms with Gasteiger partial charge in [-0.3, -0.25) is 4.90 Å². The first-order chi connectivity index (χ1) is 17.9. The highest BCUT2D eigenvalue weighted by atomic mass is 19.1. The number of hydrogen-bond donors (Lipinski definition) is 2. The van der Waals surface area contributed by atoms with Gasteiger partial charge in [-0.05, 0) is 42.0 Å². The van der Waals surface area contributed by atoms with Gasteiger partial charge in [0.05, 0.1) is 12.2 Å². The Kier molecular flexibility index (Phi) is 7.58. The van der Waals surface area contributed by atoms with Crippen molar-refractivity contribution in [3.05, 3.63) is 102 Å². The molecule has 37 heavy (non-hydrogen) atoms. The Morgan fingerprint density at radius 1 is 1.27 bits per heavy atom. The minimum Gasteiger partial charge on any atom is -0.486 e. The van der Waals surface area contributed by atoms with Crippen LogP contribution < -0.4 is 10.1 Å². The fraction of sp³-hybridized carbons (Fsp3) is 0.400. The fourth-order valence-corrected chi connectivity index (χ4v) is 5.56. The highest BCUT2D eigenvalue weighted by molar-refractivity contribution is 5.43. The van der Waals surface area contributed by atoms with E-state index in [1.54, 1.807) is 18.2 Å². The van der Waals surface area contributed by atoms with Crippen molar-refractivity contribution in [1.29, 1.82) is 0 Å². The monoisotopic (exact) mass is 508 g/mol. The summed E-state index contributed by atoms with van der Waals surface area (Å²) in [4.78, 5) is 2.07. The third-order valence-corrected chi connectivity index (χ3v) is 7.70. The van der Waals surface area contributed by atoms with Gasteiger partial charge in [0, 0.05) is 43.2 Å². The number of aliphatic hydroxyl groups is 1. The van der Waals surface area contributed by atoms with Gasteiger partial charge in [-0.25, -0.2) is 8.78 Å². The van der Waals surface area contributed by atoms with Gasteiger partial charge >= 0.3 is 0 Å². The number of nitrogens with zero attached hydrogens (tertiary/aromatic N) is 1. The molecule has 0 amide bonds. The SMILES string of the molecule is C=C/C=C\C(=C)COc1c(F)cc(F)cc1C1CC1NCC(O)N1CCC2(CC1)OCc1ccccc12. The van der Waals surface area contributed by atoms with E-state index in [1.165, 1.54) is 17.2 Å². The lowest BCUT2D eigenvalue weighted by Gasteiger charge is -2.41. The van der Waals surface area contributed by atoms with Crippen molar-refractivity contribution in [3.8, 4) is 5.75 Å². The van der Waals surface area contributed by atoms with Gasteiger partial charge in [-0.15, -0.1) is 0 Å². The number of likely N-dealkylation sites (tertiary alicyclic amines) is 1. The summed E-state index contributed by atoms with van der Waals surface area (Å²) >= 11 is 0. The Morgan fingerprint density at radius 2 is 2.05 bits per heavy atom. The molecule has 0 aromatic heterocycles. The summed E-state index contributed by atoms with van der Waals surface area (Å²) in [6.07, 6.45) is 6.83. The fourth-order valence-electron chi connectivity index (χ4n) is 5.56. The molecule has 3 atom stereocenters. The maximum absolute atomic E-state index is 14.6. The summed E-state index contributed by atoms with van der Waals surface area (Å²) in [5, 5.41) is 14.2. The van der Waals surface area contributed by atoms with E-state index >= 15 is 0 Å². The summed E-state index contributed by atoms with van der Waals surface area (Å²) in [7, 11) is 0. The predicted octanol–water partition coefficient (Wildman–Crippen LogP) is 4.93. The van der Waals surface area contributed by atoms with E-state index in [0.717, 1.165) is 38.4 Å². The van der Waals surface area contributed by atoms with Crippen molar-refractivity contribution in [3.63, 3.8) is 0 Å². The first-order valence-electron chi connectivity index (χ1n) is 12.9. The van der Waals surface area contributed by atoms with Crippen LogP contribution in [0.4, 0.5) is 8.78 Å². The molecule has 2 fully saturated rings. The third-order valence-electron chi connectivity index (χ3n) is 7.70. The minimum atomic E-state index is -0.723. The molecule has 1 spiro atoms. The van der Waals surface area contributed by atoms with Crippen LogP contribution in [0.15, 0.2) is 73.4 Å². The van der Waals surface area contributed by atoms with Crippen LogP contribution in [0.3, 0.4) is 0 Å². The van der Waals surface area contributed by atoms with Gasteiger partial charge in [0.25, 0.3) is 0 Å². The second kappa shape index (κ2) is 10.9. The maximum Gasteiger partial charge on any atom is 0.168 e. The number of rotatable bonds is 10. The number of aliphatic hydroxyl groups excluding tert-OH is 1. The second-order valence-electron chi connectivity index (χ2n) is 10.2. The summed E-state index contributed by atoms with van der Waals surface area (Å²) in [5.41, 5.74) is 3.45. The molecule has 5 nitrogen and oxygen atoms in total. The number of fused-ring (bicyclic) bond motifs is 2. The Morgan fingerprint density at radius 3 is 2.84 bits per heavy atom. The highest BCUT2D eigenvalue weighted by Gasteiger charge is 2.44. The van der Waals surface area contributed by atoms with Gasteiger partial charge in [0.2, 0.25) is 0 Å². The maximum atomic E-state index is 14.6. The van der Waals surface area contributed by atoms with Crippen molar-refractivity contribution in [2.24, 2.45) is 0 Å². The van der Waals surface area contributed by atoms with E-state index in [1.807, 2.05) is 6.07 Å². The molecule has 5 rings (SSSR count). The zero-order valence-corrected chi connectivity index (χ0v) is 21.0. The zero-order chi connectivity index (χ0) is 26.0. The Hall–Kier alpha value is -2.84. The smallest absolute Gasteiger partial charge is 0.168 e. The average molecular weight is 509 g/mol. The van der Waals surface area contributed by atoms with E-state index < -0.39 is 17.9 Å². The van der Waals surface area contributed by atoms with Crippen LogP contribution in [0.25, 0.3) is 0 Å². The molecular weight excluding hydrogens is 474 g/mol. The summed E-state index contributed by atoms with van der Waals surface area (Å²) in [6.45, 7) is 10.1. The lowest BCUT2D eigenvalue weighted by Crippen LogP contribution is -2.50. The molecule has 196 valence electrons. The lowest BCUT2D eigenvalue weighted by molar-refractivity contribution is -0.106. The molecule has 1 saturated heterocycles. The van der Waals surface area contributed by atoms with Crippen LogP contribution in [0, 0.1) is 11.6 Å². The van der Waals surface area contributed by atoms with Crippen LogP contribution in [-0.4, -0.2) is 48.5 Å². The summed E-state index contributed by atoms with van der Waals surface area (Å²) in [5.74, 6) is -1.38. The molecule has 1 saturated carbocycles. The summed E-state index contributed by atoms with van der Waals surface area (Å²) < 4.78 is 40.6. The van der Waals surface area contributed by atoms with E-state index in [-0.39, 0.29) is 29.9 Å². The van der Waals surface area contributed by atoms with Crippen molar-refractivity contribution < 1.29 is 23.4 Å². The van der Waals surface area contributed by atoms with Gasteiger partial charge in [-0.2, -0.15) is 0 Å². The molecule has 7 heteroatoms. The molecule has 0 radical (unpaired) electrons. The molecule has 2 aliphatic heterocycles. The molecule has 2 aromatic rings. The molecule has 1 aliphatic carbocycles. The van der Waals surface area contributed by atoms with Gasteiger partial charge in [-0.1, -0.05) is 55.7 Å². The molecule has 2 aromatic carbocycles. The van der Waals surface area contributed by atoms with E-state index in [0.29, 0.717) is 24.3 Å². The van der Waals surface area contributed by atoms with E-state index in [9.17, 15) is 13.9 Å². The third kappa shape index (κ3) is 5.55. The highest BCUT2D eigenvalue weighted by Crippen LogP contribution is 2.46. The number of piperidine rings is 1. The first-order valence-corrected chi connectivity index (χ1v) is 12.9. The number of ether oxygens (including phenoxy) is 2. The largest absolute Gasteiger partial charge is 0.486 e. The second-order valence-corrected chi connectivity index (χ2v) is 10.2. The Labute approximate surface area is 217 Å². The molecule has 2 N–H and O–H groups in total. The summed E-state index contributed by atoms with van der Waals surface area (Å²) in [6, 6.07) is 10.6. The molecule has 0 bridgehead atoms. The van der Waals surface area contributed by atoms with Crippen molar-refractivity contribution in [2.75, 3.05) is 26.2 Å².